The van der Waals surface area contributed by atoms with Gasteiger partial charge in [-0.3, -0.25) is 9.10 Å². The van der Waals surface area contributed by atoms with E-state index in [4.69, 9.17) is 5.73 Å². The van der Waals surface area contributed by atoms with Crippen LogP contribution >= 0.6 is 0 Å². The molecule has 0 aromatic heterocycles. The molecule has 0 radical (unpaired) electrons. The second kappa shape index (κ2) is 10.6. The number of alkyl halides is 3. The van der Waals surface area contributed by atoms with Crippen molar-refractivity contribution in [3.05, 3.63) is 77.9 Å². The van der Waals surface area contributed by atoms with Crippen LogP contribution in [0.25, 0.3) is 11.1 Å². The van der Waals surface area contributed by atoms with Gasteiger partial charge in [0.25, 0.3) is 5.91 Å². The van der Waals surface area contributed by atoms with Crippen molar-refractivity contribution in [2.45, 2.75) is 12.6 Å². The van der Waals surface area contributed by atoms with Crippen LogP contribution in [0.2, 0.25) is 0 Å². The summed E-state index contributed by atoms with van der Waals surface area (Å²) in [6, 6.07) is 15.0. The number of phenols is 1. The average molecular weight is 494 g/mol. The van der Waals surface area contributed by atoms with Crippen LogP contribution < -0.4 is 15.4 Å². The van der Waals surface area contributed by atoms with E-state index in [2.05, 4.69) is 5.32 Å². The van der Waals surface area contributed by atoms with Gasteiger partial charge in [0.15, 0.2) is 0 Å². The Bertz CT molecular complexity index is 1220. The van der Waals surface area contributed by atoms with Crippen LogP contribution in [0.1, 0.15) is 22.3 Å². The Morgan fingerprint density at radius 2 is 1.56 bits per heavy atom. The van der Waals surface area contributed by atoms with Crippen molar-refractivity contribution in [1.82, 2.24) is 0 Å². The number of thiol groups is 1. The maximum atomic E-state index is 12.7. The van der Waals surface area contributed by atoms with E-state index in [1.165, 1.54) is 42.5 Å². The zero-order valence-corrected chi connectivity index (χ0v) is 18.6. The van der Waals surface area contributed by atoms with E-state index in [0.717, 1.165) is 16.4 Å². The molecule has 4 N–H and O–H groups in total. The number of anilines is 2. The molecule has 3 aromatic rings. The summed E-state index contributed by atoms with van der Waals surface area (Å²) in [5.41, 5.74) is 6.44. The largest absolute Gasteiger partial charge is 0.506 e. The number of nitrogens with one attached hydrogen (secondary N) is 1. The van der Waals surface area contributed by atoms with Gasteiger partial charge in [-0.1, -0.05) is 24.3 Å². The molecule has 0 heterocycles. The number of carbonyl (C=O) groups excluding carboxylic acids is 1. The first kappa shape index (κ1) is 25.1. The SMILES string of the molecule is NCCCN(c1cc(NC(=O)c2ccc(-c3ccc(C(F)(F)F)cc3)cc2)ccc1O)[SH](=O)=O. The molecule has 0 bridgehead atoms. The van der Waals surface area contributed by atoms with Crippen molar-refractivity contribution in [2.75, 3.05) is 22.7 Å². The third-order valence-corrected chi connectivity index (χ3v) is 5.78. The van der Waals surface area contributed by atoms with Crippen LogP contribution in [0, 0.1) is 0 Å². The zero-order chi connectivity index (χ0) is 24.9. The summed E-state index contributed by atoms with van der Waals surface area (Å²) in [6.07, 6.45) is -4.04. The number of hydrogen-bond acceptors (Lipinski definition) is 5. The van der Waals surface area contributed by atoms with Crippen LogP contribution in [0.15, 0.2) is 66.7 Å². The second-order valence-electron chi connectivity index (χ2n) is 7.31. The lowest BCUT2D eigenvalue weighted by molar-refractivity contribution is -0.137. The average Bonchev–Trinajstić information content (AvgIpc) is 2.80. The van der Waals surface area contributed by atoms with Crippen LogP contribution in [-0.2, 0) is 17.1 Å². The molecule has 34 heavy (non-hydrogen) atoms. The van der Waals surface area contributed by atoms with E-state index in [1.807, 2.05) is 0 Å². The predicted octanol–water partition coefficient (Wildman–Crippen LogP) is 4.01. The molecule has 3 aromatic carbocycles. The van der Waals surface area contributed by atoms with E-state index in [9.17, 15) is 31.5 Å². The number of phenolic OH excluding ortho intramolecular Hbond substituents is 1. The van der Waals surface area contributed by atoms with E-state index >= 15 is 0 Å². The van der Waals surface area contributed by atoms with Gasteiger partial charge in [0, 0.05) is 17.8 Å². The summed E-state index contributed by atoms with van der Waals surface area (Å²) < 4.78 is 62.4. The molecule has 0 saturated carbocycles. The van der Waals surface area contributed by atoms with Gasteiger partial charge in [-0.05, 0) is 66.6 Å². The van der Waals surface area contributed by atoms with Crippen molar-refractivity contribution in [3.8, 4) is 16.9 Å². The van der Waals surface area contributed by atoms with Crippen LogP contribution in [0.4, 0.5) is 24.5 Å². The van der Waals surface area contributed by atoms with Gasteiger partial charge in [-0.25, -0.2) is 8.42 Å². The first-order chi connectivity index (χ1) is 16.1. The number of nitrogens with two attached hydrogens (primary N) is 1. The van der Waals surface area contributed by atoms with Crippen LogP contribution in [0.5, 0.6) is 5.75 Å². The van der Waals surface area contributed by atoms with E-state index in [-0.39, 0.29) is 35.8 Å². The summed E-state index contributed by atoms with van der Waals surface area (Å²) in [7, 11) is -3.04. The topological polar surface area (TPSA) is 113 Å². The van der Waals surface area contributed by atoms with Crippen molar-refractivity contribution in [1.29, 1.82) is 0 Å². The fourth-order valence-electron chi connectivity index (χ4n) is 3.21. The molecule has 11 heteroatoms. The molecule has 0 unspecified atom stereocenters. The van der Waals surface area contributed by atoms with E-state index < -0.39 is 28.5 Å². The molecule has 3 rings (SSSR count). The Morgan fingerprint density at radius 3 is 2.09 bits per heavy atom. The Balaban J connectivity index is 1.76. The number of amides is 1. The first-order valence-electron chi connectivity index (χ1n) is 10.1. The minimum Gasteiger partial charge on any atom is -0.506 e. The van der Waals surface area contributed by atoms with Crippen molar-refractivity contribution in [3.63, 3.8) is 0 Å². The van der Waals surface area contributed by atoms with Gasteiger partial charge in [0.1, 0.15) is 5.75 Å². The molecule has 0 aliphatic carbocycles. The monoisotopic (exact) mass is 493 g/mol. The Labute approximate surface area is 195 Å². The second-order valence-corrected chi connectivity index (χ2v) is 8.27. The molecule has 0 saturated heterocycles. The van der Waals surface area contributed by atoms with Gasteiger partial charge in [0.05, 0.1) is 11.3 Å². The van der Waals surface area contributed by atoms with Crippen LogP contribution in [0.3, 0.4) is 0 Å². The summed E-state index contributed by atoms with van der Waals surface area (Å²) in [5.74, 6) is -0.759. The third kappa shape index (κ3) is 6.06. The minimum atomic E-state index is -4.42. The molecule has 0 spiro atoms. The smallest absolute Gasteiger partial charge is 0.416 e. The highest BCUT2D eigenvalue weighted by atomic mass is 32.2. The Hall–Kier alpha value is -3.57. The number of benzene rings is 3. The number of hydrogen-bond donors (Lipinski definition) is 4. The van der Waals surface area contributed by atoms with Gasteiger partial charge >= 0.3 is 6.18 Å². The minimum absolute atomic E-state index is 0.0139. The molecular weight excluding hydrogens is 471 g/mol. The lowest BCUT2D eigenvalue weighted by Gasteiger charge is -2.19. The first-order valence-corrected chi connectivity index (χ1v) is 11.3. The molecule has 0 aliphatic rings. The molecule has 1 amide bonds. The number of nitrogens with zero attached hydrogens (tertiary/aromatic N) is 1. The quantitative estimate of drug-likeness (QED) is 0.280. The molecule has 180 valence electrons. The van der Waals surface area contributed by atoms with Crippen molar-refractivity contribution < 1.29 is 31.5 Å². The maximum Gasteiger partial charge on any atom is 0.416 e. The number of halogens is 3. The van der Waals surface area contributed by atoms with Gasteiger partial charge < -0.3 is 16.2 Å². The normalized spacial score (nSPS) is 11.4. The maximum absolute atomic E-state index is 12.7. The molecule has 0 fully saturated rings. The Kier molecular flexibility index (Phi) is 7.79. The fraction of sp³-hybridized carbons (Fsp3) is 0.174. The van der Waals surface area contributed by atoms with Crippen LogP contribution in [-0.4, -0.2) is 32.5 Å². The lowest BCUT2D eigenvalue weighted by atomic mass is 10.0. The predicted molar refractivity (Wildman–Crippen MR) is 124 cm³/mol. The summed E-state index contributed by atoms with van der Waals surface area (Å²) >= 11 is 0. The van der Waals surface area contributed by atoms with E-state index in [0.29, 0.717) is 17.5 Å². The highest BCUT2D eigenvalue weighted by Crippen LogP contribution is 2.32. The van der Waals surface area contributed by atoms with Gasteiger partial charge in [-0.2, -0.15) is 13.2 Å². The highest BCUT2D eigenvalue weighted by molar-refractivity contribution is 7.74. The molecular formula is C23H22F3N3O4S. The van der Waals surface area contributed by atoms with Gasteiger partial charge in [-0.15, -0.1) is 0 Å². The van der Waals surface area contributed by atoms with Gasteiger partial charge in [0.2, 0.25) is 10.9 Å². The highest BCUT2D eigenvalue weighted by Gasteiger charge is 2.30. The third-order valence-electron chi connectivity index (χ3n) is 4.98. The van der Waals surface area contributed by atoms with E-state index in [1.54, 1.807) is 12.1 Å². The fourth-order valence-corrected chi connectivity index (χ4v) is 3.85. The standard InChI is InChI=1S/C23H22F3N3O4S/c24-23(25,26)18-8-6-16(7-9-18)15-2-4-17(5-3-15)22(31)28-19-10-11-21(30)20(14-19)29(34(32)33)13-1-12-27/h2-11,14,30,34H,1,12-13,27H2,(H,28,31). The number of aromatic hydroxyl groups is 1. The Morgan fingerprint density at radius 1 is 0.971 bits per heavy atom. The van der Waals surface area contributed by atoms with Crippen molar-refractivity contribution in [2.24, 2.45) is 5.73 Å². The molecule has 0 atom stereocenters. The summed E-state index contributed by atoms with van der Waals surface area (Å²) in [4.78, 5) is 12.6. The molecule has 0 aliphatic heterocycles. The number of rotatable bonds is 8. The zero-order valence-electron chi connectivity index (χ0n) is 17.7. The summed E-state index contributed by atoms with van der Waals surface area (Å²) in [6.45, 7) is 0.338. The number of carbonyl (C=O) groups is 1. The summed E-state index contributed by atoms with van der Waals surface area (Å²) in [5, 5.41) is 12.7. The molecule has 7 nitrogen and oxygen atoms in total. The van der Waals surface area contributed by atoms with Crippen molar-refractivity contribution >= 4 is 28.2 Å². The lowest BCUT2D eigenvalue weighted by Crippen LogP contribution is -2.24.